The Morgan fingerprint density at radius 1 is 1.17 bits per heavy atom. The molecule has 0 amide bonds. The average molecular weight is 275 g/mol. The second-order valence-electron chi connectivity index (χ2n) is 5.46. The molecule has 0 aromatic carbocycles. The van der Waals surface area contributed by atoms with Gasteiger partial charge in [-0.2, -0.15) is 0 Å². The Labute approximate surface area is 110 Å². The van der Waals surface area contributed by atoms with E-state index in [9.17, 15) is 8.42 Å². The Hall–Kier alpha value is -0.170. The van der Waals surface area contributed by atoms with Crippen molar-refractivity contribution in [1.29, 1.82) is 0 Å². The first kappa shape index (κ1) is 14.2. The molecule has 2 saturated heterocycles. The van der Waals surface area contributed by atoms with E-state index in [1.807, 2.05) is 7.05 Å². The van der Waals surface area contributed by atoms with Gasteiger partial charge in [0.25, 0.3) is 0 Å². The average Bonchev–Trinajstić information content (AvgIpc) is 2.35. The molecule has 2 atom stereocenters. The first-order valence-electron chi connectivity index (χ1n) is 6.90. The van der Waals surface area contributed by atoms with Crippen molar-refractivity contribution in [2.75, 3.05) is 26.4 Å². The fourth-order valence-corrected chi connectivity index (χ4v) is 4.06. The summed E-state index contributed by atoms with van der Waals surface area (Å²) in [5, 5.41) is 3.38. The Morgan fingerprint density at radius 3 is 2.28 bits per heavy atom. The molecular formula is C12H25N3O2S. The van der Waals surface area contributed by atoms with Crippen LogP contribution in [0.4, 0.5) is 0 Å². The summed E-state index contributed by atoms with van der Waals surface area (Å²) in [4.78, 5) is 2.44. The molecular weight excluding hydrogens is 250 g/mol. The van der Waals surface area contributed by atoms with Crippen LogP contribution in [0.1, 0.15) is 32.1 Å². The van der Waals surface area contributed by atoms with Gasteiger partial charge in [-0.3, -0.25) is 4.90 Å². The van der Waals surface area contributed by atoms with Gasteiger partial charge < -0.3 is 5.32 Å². The highest BCUT2D eigenvalue weighted by Gasteiger charge is 2.37. The van der Waals surface area contributed by atoms with Crippen LogP contribution < -0.4 is 10.0 Å². The molecule has 0 radical (unpaired) electrons. The van der Waals surface area contributed by atoms with E-state index in [2.05, 4.69) is 14.9 Å². The van der Waals surface area contributed by atoms with Crippen LogP contribution in [0.3, 0.4) is 0 Å². The van der Waals surface area contributed by atoms with E-state index in [1.165, 1.54) is 26.3 Å². The van der Waals surface area contributed by atoms with Crippen LogP contribution in [-0.4, -0.2) is 57.8 Å². The molecule has 2 unspecified atom stereocenters. The molecule has 106 valence electrons. The van der Waals surface area contributed by atoms with Gasteiger partial charge in [0, 0.05) is 24.7 Å². The molecule has 2 aliphatic heterocycles. The Balaban J connectivity index is 1.96. The van der Waals surface area contributed by atoms with Crippen LogP contribution in [0.25, 0.3) is 0 Å². The highest BCUT2D eigenvalue weighted by atomic mass is 32.2. The zero-order chi connectivity index (χ0) is 13.2. The molecule has 2 rings (SSSR count). The van der Waals surface area contributed by atoms with Crippen molar-refractivity contribution in [2.45, 2.75) is 50.2 Å². The van der Waals surface area contributed by atoms with E-state index < -0.39 is 10.0 Å². The third-order valence-corrected chi connectivity index (χ3v) is 5.81. The lowest BCUT2D eigenvalue weighted by molar-refractivity contribution is 0.0315. The molecule has 2 aliphatic rings. The third-order valence-electron chi connectivity index (χ3n) is 4.46. The normalized spacial score (nSPS) is 33.6. The maximum Gasteiger partial charge on any atom is 0.212 e. The quantitative estimate of drug-likeness (QED) is 0.749. The van der Waals surface area contributed by atoms with Crippen LogP contribution in [-0.2, 0) is 10.0 Å². The lowest BCUT2D eigenvalue weighted by Crippen LogP contribution is -2.56. The van der Waals surface area contributed by atoms with Crippen molar-refractivity contribution < 1.29 is 8.42 Å². The van der Waals surface area contributed by atoms with E-state index in [-0.39, 0.29) is 5.75 Å². The SMILES string of the molecule is CNC1CC2CCCC(C1)N2CCS(=O)(=O)NC. The molecule has 2 N–H and O–H groups in total. The van der Waals surface area contributed by atoms with Gasteiger partial charge in [0.2, 0.25) is 10.0 Å². The summed E-state index contributed by atoms with van der Waals surface area (Å²) in [6.07, 6.45) is 6.04. The fraction of sp³-hybridized carbons (Fsp3) is 1.00. The maximum absolute atomic E-state index is 11.5. The standard InChI is InChI=1S/C12H25N3O2S/c1-13-10-8-11-4-3-5-12(9-10)15(11)6-7-18(16,17)14-2/h10-14H,3-9H2,1-2H3. The summed E-state index contributed by atoms with van der Waals surface area (Å²) in [6, 6.07) is 1.75. The van der Waals surface area contributed by atoms with Crippen LogP contribution >= 0.6 is 0 Å². The molecule has 2 bridgehead atoms. The Bertz CT molecular complexity index is 358. The number of hydrogen-bond donors (Lipinski definition) is 2. The lowest BCUT2D eigenvalue weighted by Gasteiger charge is -2.49. The Kier molecular flexibility index (Phi) is 4.64. The molecule has 2 fully saturated rings. The van der Waals surface area contributed by atoms with Crippen LogP contribution in [0.5, 0.6) is 0 Å². The minimum absolute atomic E-state index is 0.223. The summed E-state index contributed by atoms with van der Waals surface area (Å²) in [7, 11) is 0.443. The minimum Gasteiger partial charge on any atom is -0.317 e. The molecule has 5 nitrogen and oxygen atoms in total. The molecule has 0 aliphatic carbocycles. The zero-order valence-corrected chi connectivity index (χ0v) is 12.2. The van der Waals surface area contributed by atoms with Crippen molar-refractivity contribution in [2.24, 2.45) is 0 Å². The number of fused-ring (bicyclic) bond motifs is 2. The maximum atomic E-state index is 11.5. The highest BCUT2D eigenvalue weighted by molar-refractivity contribution is 7.89. The predicted molar refractivity (Wildman–Crippen MR) is 73.1 cm³/mol. The van der Waals surface area contributed by atoms with Gasteiger partial charge in [0.15, 0.2) is 0 Å². The predicted octanol–water partition coefficient (Wildman–Crippen LogP) is 0.141. The van der Waals surface area contributed by atoms with Crippen molar-refractivity contribution in [3.8, 4) is 0 Å². The number of nitrogens with zero attached hydrogens (tertiary/aromatic N) is 1. The number of sulfonamides is 1. The summed E-state index contributed by atoms with van der Waals surface area (Å²) in [5.74, 6) is 0.223. The van der Waals surface area contributed by atoms with E-state index >= 15 is 0 Å². The fourth-order valence-electron chi connectivity index (χ4n) is 3.41. The minimum atomic E-state index is -3.08. The Morgan fingerprint density at radius 2 is 1.78 bits per heavy atom. The molecule has 0 spiro atoms. The summed E-state index contributed by atoms with van der Waals surface area (Å²) >= 11 is 0. The van der Waals surface area contributed by atoms with Gasteiger partial charge in [-0.1, -0.05) is 6.42 Å². The van der Waals surface area contributed by atoms with E-state index in [0.717, 1.165) is 12.8 Å². The monoisotopic (exact) mass is 275 g/mol. The van der Waals surface area contributed by atoms with Crippen LogP contribution in [0, 0.1) is 0 Å². The van der Waals surface area contributed by atoms with Crippen molar-refractivity contribution in [3.63, 3.8) is 0 Å². The largest absolute Gasteiger partial charge is 0.317 e. The van der Waals surface area contributed by atoms with E-state index in [4.69, 9.17) is 0 Å². The summed E-state index contributed by atoms with van der Waals surface area (Å²) < 4.78 is 25.5. The molecule has 0 aromatic rings. The number of rotatable bonds is 5. The first-order valence-corrected chi connectivity index (χ1v) is 8.55. The van der Waals surface area contributed by atoms with Gasteiger partial charge in [0.05, 0.1) is 5.75 Å². The molecule has 2 heterocycles. The van der Waals surface area contributed by atoms with Crippen molar-refractivity contribution >= 4 is 10.0 Å². The number of nitrogens with one attached hydrogen (secondary N) is 2. The molecule has 0 saturated carbocycles. The first-order chi connectivity index (χ1) is 8.55. The molecule has 0 aromatic heterocycles. The third kappa shape index (κ3) is 3.23. The highest BCUT2D eigenvalue weighted by Crippen LogP contribution is 2.33. The van der Waals surface area contributed by atoms with E-state index in [0.29, 0.717) is 24.7 Å². The van der Waals surface area contributed by atoms with Crippen molar-refractivity contribution in [3.05, 3.63) is 0 Å². The smallest absolute Gasteiger partial charge is 0.212 e. The van der Waals surface area contributed by atoms with Gasteiger partial charge >= 0.3 is 0 Å². The number of hydrogen-bond acceptors (Lipinski definition) is 4. The topological polar surface area (TPSA) is 61.4 Å². The summed E-state index contributed by atoms with van der Waals surface area (Å²) in [6.45, 7) is 0.676. The molecule has 6 heteroatoms. The second kappa shape index (κ2) is 5.86. The van der Waals surface area contributed by atoms with Crippen LogP contribution in [0.15, 0.2) is 0 Å². The van der Waals surface area contributed by atoms with Crippen LogP contribution in [0.2, 0.25) is 0 Å². The zero-order valence-electron chi connectivity index (χ0n) is 11.4. The number of piperidine rings is 2. The molecule has 18 heavy (non-hydrogen) atoms. The van der Waals surface area contributed by atoms with E-state index in [1.54, 1.807) is 0 Å². The van der Waals surface area contributed by atoms with Crippen molar-refractivity contribution in [1.82, 2.24) is 14.9 Å². The summed E-state index contributed by atoms with van der Waals surface area (Å²) in [5.41, 5.74) is 0. The van der Waals surface area contributed by atoms with Gasteiger partial charge in [-0.05, 0) is 39.8 Å². The lowest BCUT2D eigenvalue weighted by atomic mass is 9.82. The van der Waals surface area contributed by atoms with Gasteiger partial charge in [-0.15, -0.1) is 0 Å². The van der Waals surface area contributed by atoms with Gasteiger partial charge in [-0.25, -0.2) is 13.1 Å². The van der Waals surface area contributed by atoms with Gasteiger partial charge in [0.1, 0.15) is 0 Å². The second-order valence-corrected chi connectivity index (χ2v) is 7.50.